The van der Waals surface area contributed by atoms with Crippen molar-refractivity contribution in [2.45, 2.75) is 71.1 Å². The molecule has 150 valence electrons. The van der Waals surface area contributed by atoms with Gasteiger partial charge in [-0.1, -0.05) is 32.6 Å². The summed E-state index contributed by atoms with van der Waals surface area (Å²) < 4.78 is 44.6. The number of hydrogen-bond acceptors (Lipinski definition) is 2. The first-order valence-corrected chi connectivity index (χ1v) is 10.3. The van der Waals surface area contributed by atoms with Crippen LogP contribution >= 0.6 is 0 Å². The molecule has 2 aliphatic rings. The molecule has 2 aliphatic carbocycles. The van der Waals surface area contributed by atoms with Gasteiger partial charge in [-0.05, 0) is 56.3 Å². The average Bonchev–Trinajstić information content (AvgIpc) is 2.67. The van der Waals surface area contributed by atoms with Crippen molar-refractivity contribution in [3.8, 4) is 5.75 Å². The first-order valence-electron chi connectivity index (χ1n) is 10.3. The van der Waals surface area contributed by atoms with Crippen LogP contribution in [-0.2, 0) is 4.79 Å². The van der Waals surface area contributed by atoms with Crippen molar-refractivity contribution < 1.29 is 22.7 Å². The molecule has 2 saturated carbocycles. The second-order valence-electron chi connectivity index (χ2n) is 8.30. The molecule has 27 heavy (non-hydrogen) atoms. The van der Waals surface area contributed by atoms with Crippen molar-refractivity contribution in [3.63, 3.8) is 0 Å². The SMILES string of the molecule is CCCC1CCC(C2CCC(C(=O)Oc3cc(F)c(F)c(F)c3)CC2)CC1. The monoisotopic (exact) mass is 382 g/mol. The molecule has 1 aromatic rings. The standard InChI is InChI=1S/C22H29F3O2/c1-2-3-14-4-6-15(7-5-14)16-8-10-17(11-9-16)22(26)27-18-12-19(23)21(25)20(24)13-18/h12-17H,2-11H2,1H3. The van der Waals surface area contributed by atoms with Gasteiger partial charge in [-0.3, -0.25) is 4.79 Å². The number of hydrogen-bond donors (Lipinski definition) is 0. The van der Waals surface area contributed by atoms with Crippen LogP contribution in [0.25, 0.3) is 0 Å². The molecule has 0 atom stereocenters. The summed E-state index contributed by atoms with van der Waals surface area (Å²) in [7, 11) is 0. The maximum atomic E-state index is 13.3. The highest BCUT2D eigenvalue weighted by atomic mass is 19.2. The summed E-state index contributed by atoms with van der Waals surface area (Å²) in [5, 5.41) is 0. The Labute approximate surface area is 159 Å². The third kappa shape index (κ3) is 5.05. The Balaban J connectivity index is 1.47. The van der Waals surface area contributed by atoms with E-state index in [1.807, 2.05) is 0 Å². The summed E-state index contributed by atoms with van der Waals surface area (Å²) in [6, 6.07) is 1.44. The van der Waals surface area contributed by atoms with Gasteiger partial charge in [0, 0.05) is 12.1 Å². The van der Waals surface area contributed by atoms with Gasteiger partial charge in [0.25, 0.3) is 0 Å². The van der Waals surface area contributed by atoms with Gasteiger partial charge in [0.2, 0.25) is 0 Å². The van der Waals surface area contributed by atoms with Crippen LogP contribution in [0.3, 0.4) is 0 Å². The third-order valence-corrected chi connectivity index (χ3v) is 6.54. The lowest BCUT2D eigenvalue weighted by molar-refractivity contribution is -0.140. The molecular formula is C22H29F3O2. The molecule has 0 heterocycles. The Kier molecular flexibility index (Phi) is 6.83. The van der Waals surface area contributed by atoms with Crippen molar-refractivity contribution in [1.29, 1.82) is 0 Å². The lowest BCUT2D eigenvalue weighted by atomic mass is 9.69. The molecule has 0 bridgehead atoms. The fourth-order valence-corrected chi connectivity index (χ4v) is 4.97. The first-order chi connectivity index (χ1) is 13.0. The smallest absolute Gasteiger partial charge is 0.314 e. The van der Waals surface area contributed by atoms with Crippen molar-refractivity contribution in [1.82, 2.24) is 0 Å². The number of esters is 1. The topological polar surface area (TPSA) is 26.3 Å². The highest BCUT2D eigenvalue weighted by molar-refractivity contribution is 5.75. The summed E-state index contributed by atoms with van der Waals surface area (Å²) >= 11 is 0. The number of benzene rings is 1. The van der Waals surface area contributed by atoms with Gasteiger partial charge in [-0.15, -0.1) is 0 Å². The van der Waals surface area contributed by atoms with Crippen LogP contribution < -0.4 is 4.74 Å². The summed E-state index contributed by atoms with van der Waals surface area (Å²) in [6.45, 7) is 2.25. The fraction of sp³-hybridized carbons (Fsp3) is 0.682. The van der Waals surface area contributed by atoms with Crippen LogP contribution in [0, 0.1) is 41.1 Å². The Morgan fingerprint density at radius 1 is 0.926 bits per heavy atom. The molecule has 2 nitrogen and oxygen atoms in total. The zero-order valence-electron chi connectivity index (χ0n) is 16.0. The van der Waals surface area contributed by atoms with E-state index >= 15 is 0 Å². The lowest BCUT2D eigenvalue weighted by Crippen LogP contribution is -2.30. The maximum Gasteiger partial charge on any atom is 0.314 e. The van der Waals surface area contributed by atoms with Crippen molar-refractivity contribution in [2.24, 2.45) is 23.7 Å². The number of halogens is 3. The molecule has 0 aromatic heterocycles. The van der Waals surface area contributed by atoms with Crippen molar-refractivity contribution in [3.05, 3.63) is 29.6 Å². The Morgan fingerprint density at radius 3 is 1.96 bits per heavy atom. The lowest BCUT2D eigenvalue weighted by Gasteiger charge is -2.37. The van der Waals surface area contributed by atoms with E-state index in [0.717, 1.165) is 49.7 Å². The van der Waals surface area contributed by atoms with E-state index in [1.165, 1.54) is 38.5 Å². The van der Waals surface area contributed by atoms with Gasteiger partial charge in [-0.25, -0.2) is 13.2 Å². The van der Waals surface area contributed by atoms with Gasteiger partial charge < -0.3 is 4.74 Å². The minimum Gasteiger partial charge on any atom is -0.426 e. The number of carbonyl (C=O) groups is 1. The van der Waals surface area contributed by atoms with Gasteiger partial charge >= 0.3 is 5.97 Å². The Hall–Kier alpha value is -1.52. The van der Waals surface area contributed by atoms with E-state index in [4.69, 9.17) is 4.74 Å². The molecular weight excluding hydrogens is 353 g/mol. The molecule has 0 unspecified atom stereocenters. The zero-order chi connectivity index (χ0) is 19.4. The van der Waals surface area contributed by atoms with E-state index in [2.05, 4.69) is 6.92 Å². The average molecular weight is 382 g/mol. The second kappa shape index (κ2) is 9.11. The van der Waals surface area contributed by atoms with Crippen LogP contribution in [0.1, 0.15) is 71.1 Å². The predicted molar refractivity (Wildman–Crippen MR) is 97.8 cm³/mol. The van der Waals surface area contributed by atoms with E-state index < -0.39 is 23.4 Å². The van der Waals surface area contributed by atoms with E-state index in [-0.39, 0.29) is 11.7 Å². The largest absolute Gasteiger partial charge is 0.426 e. The van der Waals surface area contributed by atoms with Gasteiger partial charge in [0.1, 0.15) is 5.75 Å². The van der Waals surface area contributed by atoms with Crippen molar-refractivity contribution in [2.75, 3.05) is 0 Å². The third-order valence-electron chi connectivity index (χ3n) is 6.54. The molecule has 0 aliphatic heterocycles. The molecule has 3 rings (SSSR count). The van der Waals surface area contributed by atoms with Gasteiger partial charge in [-0.2, -0.15) is 0 Å². The zero-order valence-corrected chi connectivity index (χ0v) is 16.0. The highest BCUT2D eigenvalue weighted by Gasteiger charge is 2.33. The predicted octanol–water partition coefficient (Wildman–Crippen LogP) is 6.42. The van der Waals surface area contributed by atoms with Gasteiger partial charge in [0.05, 0.1) is 5.92 Å². The minimum atomic E-state index is -1.55. The quantitative estimate of drug-likeness (QED) is 0.334. The molecule has 0 amide bonds. The molecule has 0 radical (unpaired) electrons. The van der Waals surface area contributed by atoms with E-state index in [9.17, 15) is 18.0 Å². The molecule has 5 heteroatoms. The molecule has 0 saturated heterocycles. The Morgan fingerprint density at radius 2 is 1.44 bits per heavy atom. The number of rotatable bonds is 5. The Bertz CT molecular complexity index is 622. The summed E-state index contributed by atoms with van der Waals surface area (Å²) in [5.74, 6) is -2.88. The van der Waals surface area contributed by atoms with E-state index in [1.54, 1.807) is 0 Å². The number of carbonyl (C=O) groups excluding carboxylic acids is 1. The van der Waals surface area contributed by atoms with Gasteiger partial charge in [0.15, 0.2) is 17.5 Å². The molecule has 0 spiro atoms. The van der Waals surface area contributed by atoms with Crippen LogP contribution in [0.2, 0.25) is 0 Å². The van der Waals surface area contributed by atoms with Crippen molar-refractivity contribution >= 4 is 5.97 Å². The molecule has 1 aromatic carbocycles. The highest BCUT2D eigenvalue weighted by Crippen LogP contribution is 2.42. The normalized spacial score (nSPS) is 28.7. The van der Waals surface area contributed by atoms with Crippen LogP contribution in [0.15, 0.2) is 12.1 Å². The van der Waals surface area contributed by atoms with E-state index in [0.29, 0.717) is 5.92 Å². The maximum absolute atomic E-state index is 13.3. The van der Waals surface area contributed by atoms with Crippen LogP contribution in [0.4, 0.5) is 13.2 Å². The number of ether oxygens (including phenoxy) is 1. The van der Waals surface area contributed by atoms with Crippen LogP contribution in [0.5, 0.6) is 5.75 Å². The first kappa shape index (κ1) is 20.2. The summed E-state index contributed by atoms with van der Waals surface area (Å²) in [4.78, 5) is 12.3. The summed E-state index contributed by atoms with van der Waals surface area (Å²) in [6.07, 6.45) is 11.4. The molecule has 0 N–H and O–H groups in total. The van der Waals surface area contributed by atoms with Crippen LogP contribution in [-0.4, -0.2) is 5.97 Å². The minimum absolute atomic E-state index is 0.242. The fourth-order valence-electron chi connectivity index (χ4n) is 4.97. The molecule has 2 fully saturated rings. The summed E-state index contributed by atoms with van der Waals surface area (Å²) in [5.41, 5.74) is 0. The second-order valence-corrected chi connectivity index (χ2v) is 8.30.